The van der Waals surface area contributed by atoms with E-state index in [-0.39, 0.29) is 17.0 Å². The largest absolute Gasteiger partial charge is 0.492 e. The van der Waals surface area contributed by atoms with Crippen LogP contribution in [0.25, 0.3) is 5.52 Å². The number of hydrogen-bond donors (Lipinski definition) is 1. The topological polar surface area (TPSA) is 69.1 Å². The molecule has 0 amide bonds. The van der Waals surface area contributed by atoms with E-state index in [1.54, 1.807) is 15.5 Å². The molecule has 0 aliphatic carbocycles. The van der Waals surface area contributed by atoms with Gasteiger partial charge in [-0.2, -0.15) is 0 Å². The molecule has 2 aliphatic heterocycles. The molecule has 0 radical (unpaired) electrons. The number of aromatic amines is 1. The van der Waals surface area contributed by atoms with Crippen molar-refractivity contribution in [1.29, 1.82) is 0 Å². The minimum atomic E-state index is -0.620. The number of hydrogen-bond acceptors (Lipinski definition) is 6. The van der Waals surface area contributed by atoms with E-state index in [0.717, 1.165) is 25.5 Å². The number of piperidine rings is 1. The Morgan fingerprint density at radius 3 is 2.38 bits per heavy atom. The molecule has 0 unspecified atom stereocenters. The van der Waals surface area contributed by atoms with Crippen molar-refractivity contribution < 1.29 is 13.5 Å². The lowest BCUT2D eigenvalue weighted by molar-refractivity contribution is 0.183. The third-order valence-corrected chi connectivity index (χ3v) is 6.76. The first kappa shape index (κ1) is 22.6. The van der Waals surface area contributed by atoms with E-state index in [0.29, 0.717) is 44.1 Å². The van der Waals surface area contributed by atoms with Crippen molar-refractivity contribution in [2.75, 3.05) is 62.2 Å². The second kappa shape index (κ2) is 9.61. The number of likely N-dealkylation sites (tertiary alicyclic amines) is 1. The quantitative estimate of drug-likeness (QED) is 0.595. The Morgan fingerprint density at radius 1 is 1.00 bits per heavy atom. The van der Waals surface area contributed by atoms with Crippen LogP contribution in [0.15, 0.2) is 29.3 Å². The molecule has 4 heterocycles. The van der Waals surface area contributed by atoms with Gasteiger partial charge < -0.3 is 19.5 Å². The molecule has 0 spiro atoms. The number of nitrogens with one attached hydrogen (secondary N) is 1. The minimum absolute atomic E-state index is 0.0302. The van der Waals surface area contributed by atoms with Gasteiger partial charge in [-0.05, 0) is 32.9 Å². The first-order valence-corrected chi connectivity index (χ1v) is 11.9. The van der Waals surface area contributed by atoms with Crippen LogP contribution in [0, 0.1) is 18.6 Å². The molecule has 5 rings (SSSR count). The van der Waals surface area contributed by atoms with Crippen molar-refractivity contribution >= 4 is 17.0 Å². The Hall–Kier alpha value is -3.14. The van der Waals surface area contributed by atoms with E-state index in [9.17, 15) is 13.6 Å². The molecule has 2 aliphatic rings. The number of halogens is 2. The summed E-state index contributed by atoms with van der Waals surface area (Å²) in [5.41, 5.74) is 0.244. The maximum Gasteiger partial charge on any atom is 0.275 e. The second-order valence-electron chi connectivity index (χ2n) is 8.99. The number of piperazine rings is 1. The smallest absolute Gasteiger partial charge is 0.275 e. The number of nitrogens with zero attached hydrogens (tertiary/aromatic N) is 5. The predicted octanol–water partition coefficient (Wildman–Crippen LogP) is 2.80. The van der Waals surface area contributed by atoms with Crippen LogP contribution in [0.2, 0.25) is 0 Å². The van der Waals surface area contributed by atoms with Crippen molar-refractivity contribution in [1.82, 2.24) is 19.3 Å². The Kier molecular flexibility index (Phi) is 6.40. The lowest BCUT2D eigenvalue weighted by Crippen LogP contribution is -2.47. The Morgan fingerprint density at radius 2 is 1.68 bits per heavy atom. The lowest BCUT2D eigenvalue weighted by atomic mass is 10.1. The molecule has 3 aromatic rings. The van der Waals surface area contributed by atoms with Gasteiger partial charge in [-0.15, -0.1) is 0 Å². The van der Waals surface area contributed by atoms with Gasteiger partial charge >= 0.3 is 0 Å². The summed E-state index contributed by atoms with van der Waals surface area (Å²) in [4.78, 5) is 25.5. The van der Waals surface area contributed by atoms with Crippen molar-refractivity contribution in [2.24, 2.45) is 0 Å². The number of aromatic nitrogens is 3. The molecule has 2 aromatic heterocycles. The summed E-state index contributed by atoms with van der Waals surface area (Å²) < 4.78 is 37.2. The minimum Gasteiger partial charge on any atom is -0.492 e. The Bertz CT molecular complexity index is 1190. The fraction of sp³-hybridized carbons (Fsp3) is 0.500. The zero-order chi connectivity index (χ0) is 23.7. The number of imidazole rings is 1. The Labute approximate surface area is 196 Å². The van der Waals surface area contributed by atoms with Crippen LogP contribution in [-0.4, -0.2) is 71.7 Å². The Balaban J connectivity index is 1.22. The fourth-order valence-corrected chi connectivity index (χ4v) is 4.85. The monoisotopic (exact) mass is 472 g/mol. The molecule has 0 bridgehead atoms. The van der Waals surface area contributed by atoms with Gasteiger partial charge in [0.05, 0.1) is 12.4 Å². The first-order valence-electron chi connectivity index (χ1n) is 11.9. The van der Waals surface area contributed by atoms with Crippen LogP contribution < -0.4 is 20.1 Å². The molecule has 34 heavy (non-hydrogen) atoms. The molecule has 0 saturated carbocycles. The van der Waals surface area contributed by atoms with Crippen LogP contribution in [0.3, 0.4) is 0 Å². The molecule has 182 valence electrons. The number of aryl methyl sites for hydroxylation is 1. The maximum absolute atomic E-state index is 14.9. The van der Waals surface area contributed by atoms with Gasteiger partial charge in [-0.25, -0.2) is 13.8 Å². The zero-order valence-electron chi connectivity index (χ0n) is 19.4. The first-order chi connectivity index (χ1) is 16.5. The maximum atomic E-state index is 14.9. The van der Waals surface area contributed by atoms with Gasteiger partial charge in [-0.3, -0.25) is 14.1 Å². The van der Waals surface area contributed by atoms with Crippen LogP contribution in [-0.2, 0) is 0 Å². The van der Waals surface area contributed by atoms with Crippen molar-refractivity contribution in [3.05, 3.63) is 52.3 Å². The number of anilines is 2. The summed E-state index contributed by atoms with van der Waals surface area (Å²) in [5, 5.41) is 0. The predicted molar refractivity (Wildman–Crippen MR) is 127 cm³/mol. The number of benzene rings is 1. The highest BCUT2D eigenvalue weighted by Gasteiger charge is 2.24. The summed E-state index contributed by atoms with van der Waals surface area (Å²) in [6, 6.07) is 2.54. The van der Waals surface area contributed by atoms with Crippen molar-refractivity contribution in [2.45, 2.75) is 26.2 Å². The standard InChI is InChI=1S/C24H30F2N6O2/c1-17-27-15-21-24(33)28-22(16-32(17)21)30-7-9-31(10-8-30)23-19(25)13-18(14-20(23)26)34-12-11-29-5-3-2-4-6-29/h13-16H,2-12H2,1H3,(H,28,33). The molecule has 1 aromatic carbocycles. The lowest BCUT2D eigenvalue weighted by Gasteiger charge is -2.37. The van der Waals surface area contributed by atoms with Gasteiger partial charge in [-0.1, -0.05) is 6.42 Å². The van der Waals surface area contributed by atoms with Crippen LogP contribution in [0.4, 0.5) is 20.3 Å². The van der Waals surface area contributed by atoms with Crippen LogP contribution in [0.1, 0.15) is 25.1 Å². The van der Waals surface area contributed by atoms with E-state index in [4.69, 9.17) is 4.74 Å². The average Bonchev–Trinajstić information content (AvgIpc) is 3.21. The second-order valence-corrected chi connectivity index (χ2v) is 8.99. The number of H-pyrrole nitrogens is 1. The van der Waals surface area contributed by atoms with Gasteiger partial charge in [0.25, 0.3) is 5.56 Å². The highest BCUT2D eigenvalue weighted by atomic mass is 19.1. The zero-order valence-corrected chi connectivity index (χ0v) is 19.4. The average molecular weight is 473 g/mol. The van der Waals surface area contributed by atoms with Crippen molar-refractivity contribution in [3.8, 4) is 5.75 Å². The van der Waals surface area contributed by atoms with E-state index < -0.39 is 11.6 Å². The van der Waals surface area contributed by atoms with E-state index in [1.165, 1.54) is 31.4 Å². The molecule has 1 N–H and O–H groups in total. The SMILES string of the molecule is Cc1ncc2c(=O)[nH]c(N3CCN(c4c(F)cc(OCCN5CCCCC5)cc4F)CC3)cn12. The van der Waals surface area contributed by atoms with Crippen molar-refractivity contribution in [3.63, 3.8) is 0 Å². The molecule has 2 saturated heterocycles. The highest BCUT2D eigenvalue weighted by molar-refractivity contribution is 5.55. The summed E-state index contributed by atoms with van der Waals surface area (Å²) in [7, 11) is 0. The summed E-state index contributed by atoms with van der Waals surface area (Å²) >= 11 is 0. The molecule has 2 fully saturated rings. The molecular formula is C24H30F2N6O2. The molecular weight excluding hydrogens is 442 g/mol. The summed E-state index contributed by atoms with van der Waals surface area (Å²) in [6.07, 6.45) is 7.04. The van der Waals surface area contributed by atoms with Gasteiger partial charge in [0, 0.05) is 44.9 Å². The summed E-state index contributed by atoms with van der Waals surface area (Å²) in [5.74, 6) is 0.367. The normalized spacial score (nSPS) is 17.5. The third kappa shape index (κ3) is 4.59. The van der Waals surface area contributed by atoms with E-state index in [1.807, 2.05) is 18.0 Å². The van der Waals surface area contributed by atoms with Gasteiger partial charge in [0.15, 0.2) is 11.6 Å². The van der Waals surface area contributed by atoms with E-state index >= 15 is 0 Å². The highest BCUT2D eigenvalue weighted by Crippen LogP contribution is 2.29. The number of rotatable bonds is 6. The van der Waals surface area contributed by atoms with Gasteiger partial charge in [0.1, 0.15) is 35.2 Å². The summed E-state index contributed by atoms with van der Waals surface area (Å²) in [6.45, 7) is 7.00. The van der Waals surface area contributed by atoms with Gasteiger partial charge in [0.2, 0.25) is 0 Å². The fourth-order valence-electron chi connectivity index (χ4n) is 4.85. The van der Waals surface area contributed by atoms with E-state index in [2.05, 4.69) is 14.9 Å². The van der Waals surface area contributed by atoms with Crippen LogP contribution in [0.5, 0.6) is 5.75 Å². The number of ether oxygens (including phenoxy) is 1. The number of fused-ring (bicyclic) bond motifs is 1. The molecule has 10 heteroatoms. The molecule has 8 nitrogen and oxygen atoms in total. The third-order valence-electron chi connectivity index (χ3n) is 6.76. The van der Waals surface area contributed by atoms with Crippen LogP contribution >= 0.6 is 0 Å². The molecule has 0 atom stereocenters.